The number of hydrogen-bond donors (Lipinski definition) is 4. The lowest BCUT2D eigenvalue weighted by Gasteiger charge is -2.21. The summed E-state index contributed by atoms with van der Waals surface area (Å²) in [6.07, 6.45) is 9.58. The molecule has 476 valence electrons. The lowest BCUT2D eigenvalue weighted by molar-refractivity contribution is 0.00580. The molecule has 0 radical (unpaired) electrons. The molecule has 16 heteroatoms. The maximum Gasteiger partial charge on any atom is 0.340 e. The molecule has 95 heavy (non-hydrogen) atoms. The number of anilines is 3. The van der Waals surface area contributed by atoms with Crippen LogP contribution in [0, 0.1) is 13.8 Å². The molecule has 0 unspecified atom stereocenters. The number of benzene rings is 8. The fourth-order valence-corrected chi connectivity index (χ4v) is 10.1. The summed E-state index contributed by atoms with van der Waals surface area (Å²) < 4.78 is 11.8. The van der Waals surface area contributed by atoms with E-state index in [1.165, 1.54) is 24.7 Å². The number of carbonyl (C=O) groups is 6. The van der Waals surface area contributed by atoms with Crippen molar-refractivity contribution in [3.05, 3.63) is 298 Å². The van der Waals surface area contributed by atoms with Gasteiger partial charge in [-0.05, 0) is 155 Å². The van der Waals surface area contributed by atoms with Crippen molar-refractivity contribution in [1.29, 1.82) is 0 Å². The summed E-state index contributed by atoms with van der Waals surface area (Å²) in [4.78, 5) is 88.9. The predicted molar refractivity (Wildman–Crippen MR) is 378 cm³/mol. The minimum Gasteiger partial charge on any atom is -0.478 e. The molecule has 0 saturated carbocycles. The SMILES string of the molecule is CC(C)(C)OC(=O)c1ccc(Br)cc1NC(=O)c1cncc(-c2ccccc2)c1.Cc1cccc(-c2ccc(C(=O)O)c(NC(=O)c3cncc(-c4ccccc4)c3)c2)c1.Cc1cccc(-c2ccc(C(=O)OC(C)(C)C)c(NC(=O)c3cncc(-c4ccccc4)c3)c2)c1. The molecule has 0 spiro atoms. The zero-order valence-electron chi connectivity index (χ0n) is 53.6. The zero-order valence-corrected chi connectivity index (χ0v) is 55.2. The van der Waals surface area contributed by atoms with Gasteiger partial charge in [-0.25, -0.2) is 14.4 Å². The van der Waals surface area contributed by atoms with Crippen molar-refractivity contribution in [2.24, 2.45) is 0 Å². The van der Waals surface area contributed by atoms with Gasteiger partial charge in [0.15, 0.2) is 0 Å². The molecule has 3 heterocycles. The number of carbonyl (C=O) groups excluding carboxylic acids is 5. The summed E-state index contributed by atoms with van der Waals surface area (Å²) >= 11 is 3.38. The minimum absolute atomic E-state index is 0.0249. The van der Waals surface area contributed by atoms with E-state index in [0.717, 1.165) is 71.2 Å². The van der Waals surface area contributed by atoms with E-state index in [9.17, 15) is 33.9 Å². The summed E-state index contributed by atoms with van der Waals surface area (Å²) in [5.74, 6) is -3.26. The number of pyridine rings is 3. The fraction of sp³-hybridized carbons (Fsp3) is 0.127. The van der Waals surface area contributed by atoms with Crippen molar-refractivity contribution >= 4 is 68.6 Å². The van der Waals surface area contributed by atoms with Crippen LogP contribution in [0.1, 0.15) is 115 Å². The van der Waals surface area contributed by atoms with Gasteiger partial charge in [0.1, 0.15) is 11.2 Å². The number of hydrogen-bond acceptors (Lipinski definition) is 11. The normalized spacial score (nSPS) is 10.9. The Hall–Kier alpha value is -11.5. The first kappa shape index (κ1) is 67.9. The smallest absolute Gasteiger partial charge is 0.340 e. The van der Waals surface area contributed by atoms with E-state index in [4.69, 9.17) is 9.47 Å². The number of halogens is 1. The Morgan fingerprint density at radius 1 is 0.347 bits per heavy atom. The first-order valence-electron chi connectivity index (χ1n) is 30.3. The average Bonchev–Trinajstić information content (AvgIpc) is 1.03. The van der Waals surface area contributed by atoms with E-state index in [0.29, 0.717) is 28.1 Å². The molecule has 0 fully saturated rings. The molecule has 0 aliphatic carbocycles. The summed E-state index contributed by atoms with van der Waals surface area (Å²) in [6, 6.07) is 65.6. The van der Waals surface area contributed by atoms with Crippen molar-refractivity contribution in [3.8, 4) is 55.6 Å². The molecule has 0 atom stereocenters. The van der Waals surface area contributed by atoms with Crippen LogP contribution in [0.5, 0.6) is 0 Å². The van der Waals surface area contributed by atoms with Crippen LogP contribution < -0.4 is 16.0 Å². The molecule has 0 bridgehead atoms. The third kappa shape index (κ3) is 19.1. The van der Waals surface area contributed by atoms with Crippen molar-refractivity contribution in [1.82, 2.24) is 15.0 Å². The van der Waals surface area contributed by atoms with E-state index in [1.54, 1.807) is 100 Å². The molecule has 11 rings (SSSR count). The van der Waals surface area contributed by atoms with Gasteiger partial charge in [0.05, 0.1) is 50.4 Å². The zero-order chi connectivity index (χ0) is 67.8. The number of nitrogens with one attached hydrogen (secondary N) is 3. The second-order valence-electron chi connectivity index (χ2n) is 24.1. The van der Waals surface area contributed by atoms with E-state index in [2.05, 4.69) is 52.9 Å². The highest BCUT2D eigenvalue weighted by molar-refractivity contribution is 9.10. The highest BCUT2D eigenvalue weighted by Crippen LogP contribution is 2.32. The van der Waals surface area contributed by atoms with Gasteiger partial charge in [-0.1, -0.05) is 179 Å². The topological polar surface area (TPSA) is 216 Å². The number of nitrogens with zero attached hydrogens (tertiary/aromatic N) is 3. The van der Waals surface area contributed by atoms with Gasteiger partial charge in [-0.3, -0.25) is 29.3 Å². The van der Waals surface area contributed by atoms with Crippen molar-refractivity contribution in [2.75, 3.05) is 16.0 Å². The summed E-state index contributed by atoms with van der Waals surface area (Å²) in [7, 11) is 0. The third-order valence-corrected chi connectivity index (χ3v) is 14.8. The minimum atomic E-state index is -1.11. The van der Waals surface area contributed by atoms with Gasteiger partial charge in [0.25, 0.3) is 17.7 Å². The maximum atomic E-state index is 13.3. The Labute approximate surface area is 560 Å². The summed E-state index contributed by atoms with van der Waals surface area (Å²) in [6.45, 7) is 14.8. The first-order chi connectivity index (χ1) is 45.4. The van der Waals surface area contributed by atoms with Crippen LogP contribution in [-0.4, -0.2) is 66.9 Å². The lowest BCUT2D eigenvalue weighted by atomic mass is 10.00. The molecule has 3 aromatic heterocycles. The van der Waals surface area contributed by atoms with E-state index in [-0.39, 0.29) is 34.2 Å². The molecule has 0 saturated heterocycles. The number of aryl methyl sites for hydroxylation is 2. The van der Waals surface area contributed by atoms with E-state index in [1.807, 2.05) is 174 Å². The number of rotatable bonds is 14. The van der Waals surface area contributed by atoms with Gasteiger partial charge in [-0.2, -0.15) is 0 Å². The Bertz CT molecular complexity index is 4610. The molecule has 11 aromatic rings. The van der Waals surface area contributed by atoms with Crippen molar-refractivity contribution in [2.45, 2.75) is 66.6 Å². The highest BCUT2D eigenvalue weighted by atomic mass is 79.9. The number of ether oxygens (including phenoxy) is 2. The van der Waals surface area contributed by atoms with Crippen LogP contribution >= 0.6 is 15.9 Å². The first-order valence-corrected chi connectivity index (χ1v) is 31.1. The molecule has 4 N–H and O–H groups in total. The maximum absolute atomic E-state index is 13.3. The van der Waals surface area contributed by atoms with Crippen LogP contribution in [0.2, 0.25) is 0 Å². The summed E-state index contributed by atoms with van der Waals surface area (Å²) in [5, 5.41) is 18.1. The van der Waals surface area contributed by atoms with Crippen LogP contribution in [0.15, 0.2) is 254 Å². The van der Waals surface area contributed by atoms with Crippen LogP contribution in [0.25, 0.3) is 55.6 Å². The molecule has 3 amide bonds. The molecule has 8 aromatic carbocycles. The Morgan fingerprint density at radius 3 is 1.01 bits per heavy atom. The summed E-state index contributed by atoms with van der Waals surface area (Å²) in [5.41, 5.74) is 12.6. The van der Waals surface area contributed by atoms with Crippen molar-refractivity contribution in [3.63, 3.8) is 0 Å². The second-order valence-corrected chi connectivity index (χ2v) is 25.0. The van der Waals surface area contributed by atoms with Gasteiger partial charge < -0.3 is 30.5 Å². The number of amides is 3. The van der Waals surface area contributed by atoms with Gasteiger partial charge in [0.2, 0.25) is 0 Å². The monoisotopic (exact) mass is 1320 g/mol. The number of carboxylic acid groups (broad SMARTS) is 1. The standard InChI is InChI=1S/C30H28N2O3.C26H20N2O3.C23H21BrN2O3/c1-20-9-8-12-22(15-20)23-13-14-26(29(34)35-30(2,3)4)27(17-23)32-28(33)25-16-24(18-31-19-25)21-10-6-5-7-11-21;1-17-6-5-9-19(12-17)20-10-11-23(26(30)31)24(14-20)28-25(29)22-13-21(15-27-16-22)18-7-3-2-4-8-18;1-23(2,3)29-22(28)19-10-9-18(24)12-20(19)26-21(27)17-11-16(13-25-14-17)15-7-5-4-6-8-15/h5-19H,1-4H3,(H,32,33);2-16H,1H3,(H,28,29)(H,30,31);4-14H,1-3H3,(H,26,27). The number of esters is 2. The predicted octanol–water partition coefficient (Wildman–Crippen LogP) is 18.3. The largest absolute Gasteiger partial charge is 0.478 e. The van der Waals surface area contributed by atoms with E-state index < -0.39 is 35.0 Å². The van der Waals surface area contributed by atoms with Gasteiger partial charge in [-0.15, -0.1) is 0 Å². The van der Waals surface area contributed by atoms with Crippen LogP contribution in [0.4, 0.5) is 17.1 Å². The average molecular weight is 1330 g/mol. The lowest BCUT2D eigenvalue weighted by Crippen LogP contribution is -2.25. The quantitative estimate of drug-likeness (QED) is 0.0748. The van der Waals surface area contributed by atoms with E-state index >= 15 is 0 Å². The number of aromatic carboxylic acids is 1. The highest BCUT2D eigenvalue weighted by Gasteiger charge is 2.25. The van der Waals surface area contributed by atoms with Gasteiger partial charge in [0, 0.05) is 58.3 Å². The Balaban J connectivity index is 0.000000168. The number of aromatic nitrogens is 3. The second kappa shape index (κ2) is 30.8. The number of carboxylic acids is 1. The van der Waals surface area contributed by atoms with Crippen molar-refractivity contribution < 1.29 is 43.3 Å². The molecule has 0 aliphatic rings. The van der Waals surface area contributed by atoms with Crippen LogP contribution in [0.3, 0.4) is 0 Å². The Kier molecular flexibility index (Phi) is 22.0. The van der Waals surface area contributed by atoms with Gasteiger partial charge >= 0.3 is 17.9 Å². The fourth-order valence-electron chi connectivity index (χ4n) is 9.77. The Morgan fingerprint density at radius 2 is 0.663 bits per heavy atom. The molecule has 0 aliphatic heterocycles. The molecular formula is C79H69BrN6O9. The molecular weight excluding hydrogens is 1260 g/mol. The molecule has 15 nitrogen and oxygen atoms in total. The van der Waals surface area contributed by atoms with Crippen LogP contribution in [-0.2, 0) is 9.47 Å². The third-order valence-electron chi connectivity index (χ3n) is 14.3.